The van der Waals surface area contributed by atoms with Crippen molar-refractivity contribution in [2.75, 3.05) is 6.54 Å². The molecule has 1 amide bonds. The van der Waals surface area contributed by atoms with Gasteiger partial charge in [-0.15, -0.1) is 0 Å². The minimum absolute atomic E-state index is 0.191. The fourth-order valence-electron chi connectivity index (χ4n) is 1.60. The molecule has 0 aromatic heterocycles. The molecule has 21 heavy (non-hydrogen) atoms. The van der Waals surface area contributed by atoms with Gasteiger partial charge < -0.3 is 15.8 Å². The Balaban J connectivity index is 2.43. The topological polar surface area (TPSA) is 81.4 Å². The summed E-state index contributed by atoms with van der Waals surface area (Å²) in [5.41, 5.74) is 5.30. The molecule has 0 radical (unpaired) electrons. The highest BCUT2D eigenvalue weighted by atomic mass is 19.1. The van der Waals surface area contributed by atoms with Crippen LogP contribution in [-0.4, -0.2) is 30.1 Å². The van der Waals surface area contributed by atoms with Crippen LogP contribution in [0.15, 0.2) is 24.3 Å². The van der Waals surface area contributed by atoms with Gasteiger partial charge in [0.15, 0.2) is 6.04 Å². The van der Waals surface area contributed by atoms with Crippen molar-refractivity contribution < 1.29 is 18.7 Å². The summed E-state index contributed by atoms with van der Waals surface area (Å²) in [7, 11) is 0. The van der Waals surface area contributed by atoms with Gasteiger partial charge in [-0.25, -0.2) is 9.18 Å². The third kappa shape index (κ3) is 5.91. The summed E-state index contributed by atoms with van der Waals surface area (Å²) in [5, 5.41) is 2.49. The van der Waals surface area contributed by atoms with Crippen LogP contribution in [-0.2, 0) is 20.7 Å². The molecule has 0 spiro atoms. The van der Waals surface area contributed by atoms with Crippen LogP contribution in [0.2, 0.25) is 0 Å². The van der Waals surface area contributed by atoms with Gasteiger partial charge in [0, 0.05) is 6.54 Å². The van der Waals surface area contributed by atoms with Crippen molar-refractivity contribution in [3.05, 3.63) is 35.6 Å². The molecule has 0 fully saturated rings. The summed E-state index contributed by atoms with van der Waals surface area (Å²) < 4.78 is 18.4. The van der Waals surface area contributed by atoms with Gasteiger partial charge in [-0.1, -0.05) is 18.2 Å². The Morgan fingerprint density at radius 2 is 1.95 bits per heavy atom. The van der Waals surface area contributed by atoms with E-state index < -0.39 is 23.5 Å². The van der Waals surface area contributed by atoms with Gasteiger partial charge in [0.1, 0.15) is 11.4 Å². The van der Waals surface area contributed by atoms with E-state index in [1.54, 1.807) is 39.0 Å². The lowest BCUT2D eigenvalue weighted by Crippen LogP contribution is -2.49. The van der Waals surface area contributed by atoms with Crippen LogP contribution in [0.25, 0.3) is 0 Å². The number of nitrogens with one attached hydrogen (secondary N) is 1. The number of carbonyl (C=O) groups excluding carboxylic acids is 2. The van der Waals surface area contributed by atoms with Crippen LogP contribution >= 0.6 is 0 Å². The van der Waals surface area contributed by atoms with E-state index in [0.29, 0.717) is 12.0 Å². The Kier molecular flexibility index (Phi) is 5.84. The van der Waals surface area contributed by atoms with Gasteiger partial charge in [0.05, 0.1) is 0 Å². The van der Waals surface area contributed by atoms with E-state index in [0.717, 1.165) is 0 Å². The zero-order valence-corrected chi connectivity index (χ0v) is 12.5. The lowest BCUT2D eigenvalue weighted by Gasteiger charge is -2.21. The lowest BCUT2D eigenvalue weighted by atomic mass is 10.1. The molecule has 0 aliphatic heterocycles. The number of halogens is 1. The Hall–Kier alpha value is -1.95. The lowest BCUT2D eigenvalue weighted by molar-refractivity contribution is -0.158. The van der Waals surface area contributed by atoms with E-state index in [1.807, 2.05) is 0 Å². The second-order valence-corrected chi connectivity index (χ2v) is 5.64. The summed E-state index contributed by atoms with van der Waals surface area (Å²) in [6.07, 6.45) is 0.319. The highest BCUT2D eigenvalue weighted by molar-refractivity contribution is 6.01. The van der Waals surface area contributed by atoms with Gasteiger partial charge in [-0.3, -0.25) is 4.79 Å². The second-order valence-electron chi connectivity index (χ2n) is 5.64. The molecule has 0 aliphatic carbocycles. The summed E-state index contributed by atoms with van der Waals surface area (Å²) in [6.45, 7) is 5.26. The summed E-state index contributed by atoms with van der Waals surface area (Å²) >= 11 is 0. The molecule has 116 valence electrons. The van der Waals surface area contributed by atoms with Crippen molar-refractivity contribution in [3.8, 4) is 0 Å². The highest BCUT2D eigenvalue weighted by Crippen LogP contribution is 2.08. The van der Waals surface area contributed by atoms with Gasteiger partial charge in [0.25, 0.3) is 0 Å². The Morgan fingerprint density at radius 1 is 1.33 bits per heavy atom. The quantitative estimate of drug-likeness (QED) is 0.631. The summed E-state index contributed by atoms with van der Waals surface area (Å²) in [4.78, 5) is 23.3. The van der Waals surface area contributed by atoms with Crippen molar-refractivity contribution in [1.82, 2.24) is 5.32 Å². The molecule has 1 atom stereocenters. The van der Waals surface area contributed by atoms with E-state index in [9.17, 15) is 14.0 Å². The smallest absolute Gasteiger partial charge is 0.333 e. The molecular weight excluding hydrogens is 275 g/mol. The number of nitrogens with two attached hydrogens (primary N) is 1. The molecule has 1 rings (SSSR count). The number of hydrogen-bond donors (Lipinski definition) is 2. The number of carbonyl (C=O) groups is 2. The third-order valence-electron chi connectivity index (χ3n) is 2.59. The normalized spacial score (nSPS) is 12.6. The van der Waals surface area contributed by atoms with Crippen molar-refractivity contribution in [2.45, 2.75) is 38.8 Å². The molecule has 3 N–H and O–H groups in total. The van der Waals surface area contributed by atoms with E-state index in [-0.39, 0.29) is 12.4 Å². The van der Waals surface area contributed by atoms with Crippen LogP contribution in [0.3, 0.4) is 0 Å². The predicted molar refractivity (Wildman–Crippen MR) is 76.9 cm³/mol. The van der Waals surface area contributed by atoms with Crippen molar-refractivity contribution in [1.29, 1.82) is 0 Å². The number of hydrogen-bond acceptors (Lipinski definition) is 4. The van der Waals surface area contributed by atoms with E-state index >= 15 is 0 Å². The second kappa shape index (κ2) is 7.17. The maximum Gasteiger partial charge on any atom is 0.333 e. The fraction of sp³-hybridized carbons (Fsp3) is 0.467. The zero-order chi connectivity index (χ0) is 16.0. The minimum Gasteiger partial charge on any atom is -0.458 e. The first-order valence-electron chi connectivity index (χ1n) is 6.70. The maximum atomic E-state index is 13.4. The van der Waals surface area contributed by atoms with Crippen LogP contribution in [0.4, 0.5) is 4.39 Å². The Morgan fingerprint density at radius 3 is 2.52 bits per heavy atom. The standard InChI is InChI=1S/C15H21FN2O3/c1-15(2,3)21-14(20)12(17)13(19)18-9-8-10-6-4-5-7-11(10)16/h4-7,12H,8-9,17H2,1-3H3,(H,18,19). The third-order valence-corrected chi connectivity index (χ3v) is 2.59. The number of benzene rings is 1. The molecule has 0 saturated heterocycles. The number of esters is 1. The molecule has 1 aromatic rings. The van der Waals surface area contributed by atoms with E-state index in [2.05, 4.69) is 5.32 Å². The Bertz CT molecular complexity index is 512. The minimum atomic E-state index is -1.38. The molecule has 1 aromatic carbocycles. The van der Waals surface area contributed by atoms with E-state index in [1.165, 1.54) is 6.07 Å². The zero-order valence-electron chi connectivity index (χ0n) is 12.5. The number of ether oxygens (including phenoxy) is 1. The molecule has 0 bridgehead atoms. The van der Waals surface area contributed by atoms with Crippen molar-refractivity contribution >= 4 is 11.9 Å². The molecule has 0 heterocycles. The average molecular weight is 296 g/mol. The monoisotopic (exact) mass is 296 g/mol. The molecule has 6 heteroatoms. The SMILES string of the molecule is CC(C)(C)OC(=O)C(N)C(=O)NCCc1ccccc1F. The summed E-state index contributed by atoms with van der Waals surface area (Å²) in [5.74, 6) is -1.75. The van der Waals surface area contributed by atoms with Gasteiger partial charge in [0.2, 0.25) is 5.91 Å². The van der Waals surface area contributed by atoms with Crippen LogP contribution < -0.4 is 11.1 Å². The molecule has 0 aliphatic rings. The molecule has 0 saturated carbocycles. The highest BCUT2D eigenvalue weighted by Gasteiger charge is 2.27. The van der Waals surface area contributed by atoms with Crippen molar-refractivity contribution in [3.63, 3.8) is 0 Å². The van der Waals surface area contributed by atoms with Crippen molar-refractivity contribution in [2.24, 2.45) is 5.73 Å². The Labute approximate surface area is 123 Å². The number of rotatable bonds is 5. The molecule has 5 nitrogen and oxygen atoms in total. The van der Waals surface area contributed by atoms with Crippen LogP contribution in [0.1, 0.15) is 26.3 Å². The summed E-state index contributed by atoms with van der Waals surface area (Å²) in [6, 6.07) is 4.91. The average Bonchev–Trinajstić information content (AvgIpc) is 2.38. The first kappa shape index (κ1) is 17.1. The molecule has 1 unspecified atom stereocenters. The van der Waals surface area contributed by atoms with Crippen LogP contribution in [0, 0.1) is 5.82 Å². The van der Waals surface area contributed by atoms with Gasteiger partial charge >= 0.3 is 5.97 Å². The fourth-order valence-corrected chi connectivity index (χ4v) is 1.60. The van der Waals surface area contributed by atoms with Crippen LogP contribution in [0.5, 0.6) is 0 Å². The van der Waals surface area contributed by atoms with Gasteiger partial charge in [-0.2, -0.15) is 0 Å². The molecular formula is C15H21FN2O3. The first-order valence-corrected chi connectivity index (χ1v) is 6.70. The first-order chi connectivity index (χ1) is 9.70. The van der Waals surface area contributed by atoms with Gasteiger partial charge in [-0.05, 0) is 38.8 Å². The van der Waals surface area contributed by atoms with E-state index in [4.69, 9.17) is 10.5 Å². The maximum absolute atomic E-state index is 13.4. The number of amides is 1. The largest absolute Gasteiger partial charge is 0.458 e. The predicted octanol–water partition coefficient (Wildman–Crippen LogP) is 1.15.